The molecule has 2 nitrogen and oxygen atoms in total. The van der Waals surface area contributed by atoms with Crippen molar-refractivity contribution >= 4 is 11.9 Å². The first-order valence-electron chi connectivity index (χ1n) is 6.23. The Labute approximate surface area is 98.0 Å². The SMILES string of the molecule is Cc1ccccc1N1CCCCCCC=N1. The van der Waals surface area contributed by atoms with E-state index in [2.05, 4.69) is 47.5 Å². The molecule has 0 aromatic heterocycles. The predicted molar refractivity (Wildman–Crippen MR) is 70.1 cm³/mol. The van der Waals surface area contributed by atoms with E-state index < -0.39 is 0 Å². The molecule has 1 aromatic carbocycles. The molecule has 0 fully saturated rings. The van der Waals surface area contributed by atoms with Crippen molar-refractivity contribution in [1.29, 1.82) is 0 Å². The lowest BCUT2D eigenvalue weighted by atomic mass is 10.1. The van der Waals surface area contributed by atoms with E-state index >= 15 is 0 Å². The quantitative estimate of drug-likeness (QED) is 0.698. The summed E-state index contributed by atoms with van der Waals surface area (Å²) in [5.74, 6) is 0. The summed E-state index contributed by atoms with van der Waals surface area (Å²) in [7, 11) is 0. The van der Waals surface area contributed by atoms with Crippen LogP contribution in [0.25, 0.3) is 0 Å². The maximum atomic E-state index is 4.58. The molecule has 0 amide bonds. The van der Waals surface area contributed by atoms with Gasteiger partial charge in [0.15, 0.2) is 0 Å². The van der Waals surface area contributed by atoms with Crippen LogP contribution in [0.5, 0.6) is 0 Å². The zero-order valence-electron chi connectivity index (χ0n) is 10.0. The molecule has 1 aliphatic rings. The molecule has 0 aliphatic carbocycles. The lowest BCUT2D eigenvalue weighted by Crippen LogP contribution is -2.18. The molecule has 0 N–H and O–H groups in total. The topological polar surface area (TPSA) is 15.6 Å². The summed E-state index contributed by atoms with van der Waals surface area (Å²) in [5.41, 5.74) is 2.56. The Kier molecular flexibility index (Phi) is 3.97. The summed E-state index contributed by atoms with van der Waals surface area (Å²) in [4.78, 5) is 0. The van der Waals surface area contributed by atoms with E-state index in [0.717, 1.165) is 13.0 Å². The molecule has 0 unspecified atom stereocenters. The molecule has 1 aliphatic heterocycles. The molecule has 2 rings (SSSR count). The minimum atomic E-state index is 1.04. The number of hydrazone groups is 1. The van der Waals surface area contributed by atoms with E-state index in [-0.39, 0.29) is 0 Å². The van der Waals surface area contributed by atoms with Gasteiger partial charge in [-0.2, -0.15) is 5.10 Å². The molecular formula is C14H20N2. The molecule has 0 saturated heterocycles. The summed E-state index contributed by atoms with van der Waals surface area (Å²) in [6.07, 6.45) is 8.37. The summed E-state index contributed by atoms with van der Waals surface area (Å²) in [6, 6.07) is 8.48. The largest absolute Gasteiger partial charge is 0.266 e. The molecular weight excluding hydrogens is 196 g/mol. The highest BCUT2D eigenvalue weighted by molar-refractivity contribution is 5.61. The van der Waals surface area contributed by atoms with Gasteiger partial charge in [0.1, 0.15) is 0 Å². The molecule has 86 valence electrons. The van der Waals surface area contributed by atoms with Crippen LogP contribution in [0.4, 0.5) is 5.69 Å². The standard InChI is InChI=1S/C14H20N2/c1-13-9-5-6-10-14(13)16-12-8-4-2-3-7-11-15-16/h5-6,9-11H,2-4,7-8,12H2,1H3. The Morgan fingerprint density at radius 2 is 1.88 bits per heavy atom. The van der Waals surface area contributed by atoms with E-state index in [1.165, 1.54) is 36.9 Å². The van der Waals surface area contributed by atoms with Crippen LogP contribution in [0, 0.1) is 6.92 Å². The van der Waals surface area contributed by atoms with Gasteiger partial charge in [-0.1, -0.05) is 31.0 Å². The van der Waals surface area contributed by atoms with Crippen molar-refractivity contribution in [2.24, 2.45) is 5.10 Å². The van der Waals surface area contributed by atoms with Crippen molar-refractivity contribution in [3.8, 4) is 0 Å². The van der Waals surface area contributed by atoms with Gasteiger partial charge in [-0.25, -0.2) is 0 Å². The highest BCUT2D eigenvalue weighted by atomic mass is 15.4. The van der Waals surface area contributed by atoms with Crippen LogP contribution in [0.3, 0.4) is 0 Å². The van der Waals surface area contributed by atoms with Crippen molar-refractivity contribution in [2.75, 3.05) is 11.6 Å². The molecule has 0 saturated carbocycles. The lowest BCUT2D eigenvalue weighted by Gasteiger charge is -2.20. The Morgan fingerprint density at radius 1 is 1.06 bits per heavy atom. The zero-order valence-corrected chi connectivity index (χ0v) is 10.0. The van der Waals surface area contributed by atoms with Crippen molar-refractivity contribution in [3.05, 3.63) is 29.8 Å². The monoisotopic (exact) mass is 216 g/mol. The van der Waals surface area contributed by atoms with Crippen molar-refractivity contribution in [2.45, 2.75) is 39.0 Å². The van der Waals surface area contributed by atoms with E-state index in [9.17, 15) is 0 Å². The third-order valence-electron chi connectivity index (χ3n) is 3.07. The maximum Gasteiger partial charge on any atom is 0.0622 e. The number of hydrogen-bond acceptors (Lipinski definition) is 2. The minimum Gasteiger partial charge on any atom is -0.266 e. The first-order valence-corrected chi connectivity index (χ1v) is 6.23. The first kappa shape index (κ1) is 11.2. The number of aryl methyl sites for hydroxylation is 1. The molecule has 0 atom stereocenters. The summed E-state index contributed by atoms with van der Waals surface area (Å²) < 4.78 is 0. The van der Waals surface area contributed by atoms with E-state index in [1.807, 2.05) is 0 Å². The van der Waals surface area contributed by atoms with Gasteiger partial charge in [0.05, 0.1) is 5.69 Å². The fourth-order valence-electron chi connectivity index (χ4n) is 2.10. The zero-order chi connectivity index (χ0) is 11.2. The van der Waals surface area contributed by atoms with E-state index in [4.69, 9.17) is 0 Å². The predicted octanol–water partition coefficient (Wildman–Crippen LogP) is 3.75. The normalized spacial score (nSPS) is 17.7. The number of benzene rings is 1. The fourth-order valence-corrected chi connectivity index (χ4v) is 2.10. The number of nitrogens with zero attached hydrogens (tertiary/aromatic N) is 2. The lowest BCUT2D eigenvalue weighted by molar-refractivity contribution is 0.653. The molecule has 2 heteroatoms. The van der Waals surface area contributed by atoms with Crippen molar-refractivity contribution in [3.63, 3.8) is 0 Å². The second kappa shape index (κ2) is 5.69. The van der Waals surface area contributed by atoms with Crippen molar-refractivity contribution < 1.29 is 0 Å². The Balaban J connectivity index is 2.16. The van der Waals surface area contributed by atoms with Crippen LogP contribution < -0.4 is 5.01 Å². The highest BCUT2D eigenvalue weighted by Crippen LogP contribution is 2.21. The minimum absolute atomic E-state index is 1.04. The maximum absolute atomic E-state index is 4.58. The van der Waals surface area contributed by atoms with Gasteiger partial charge in [0.2, 0.25) is 0 Å². The third kappa shape index (κ3) is 2.84. The van der Waals surface area contributed by atoms with Crippen LogP contribution >= 0.6 is 0 Å². The molecule has 0 spiro atoms. The highest BCUT2D eigenvalue weighted by Gasteiger charge is 2.07. The Bertz CT molecular complexity index is 358. The Morgan fingerprint density at radius 3 is 2.75 bits per heavy atom. The average molecular weight is 216 g/mol. The van der Waals surface area contributed by atoms with Gasteiger partial charge in [-0.3, -0.25) is 5.01 Å². The molecule has 1 heterocycles. The van der Waals surface area contributed by atoms with Crippen LogP contribution in [-0.2, 0) is 0 Å². The average Bonchev–Trinajstić information content (AvgIpc) is 2.43. The van der Waals surface area contributed by atoms with Crippen LogP contribution in [0.15, 0.2) is 29.4 Å². The van der Waals surface area contributed by atoms with Gasteiger partial charge < -0.3 is 0 Å². The third-order valence-corrected chi connectivity index (χ3v) is 3.07. The first-order chi connectivity index (χ1) is 7.88. The summed E-state index contributed by atoms with van der Waals surface area (Å²) in [6.45, 7) is 3.19. The number of anilines is 1. The van der Waals surface area contributed by atoms with Gasteiger partial charge in [-0.15, -0.1) is 0 Å². The number of hydrogen-bond donors (Lipinski definition) is 0. The smallest absolute Gasteiger partial charge is 0.0622 e. The summed E-state index contributed by atoms with van der Waals surface area (Å²) in [5, 5.41) is 6.74. The van der Waals surface area contributed by atoms with Gasteiger partial charge in [-0.05, 0) is 37.8 Å². The molecule has 0 bridgehead atoms. The van der Waals surface area contributed by atoms with E-state index in [1.54, 1.807) is 0 Å². The van der Waals surface area contributed by atoms with Gasteiger partial charge in [0, 0.05) is 12.8 Å². The number of para-hydroxylation sites is 1. The molecule has 0 radical (unpaired) electrons. The Hall–Kier alpha value is -1.31. The number of rotatable bonds is 1. The molecule has 16 heavy (non-hydrogen) atoms. The van der Waals surface area contributed by atoms with Gasteiger partial charge >= 0.3 is 0 Å². The second-order valence-electron chi connectivity index (χ2n) is 4.41. The van der Waals surface area contributed by atoms with Crippen LogP contribution in [0.2, 0.25) is 0 Å². The fraction of sp³-hybridized carbons (Fsp3) is 0.500. The van der Waals surface area contributed by atoms with E-state index in [0.29, 0.717) is 0 Å². The summed E-state index contributed by atoms with van der Waals surface area (Å²) >= 11 is 0. The van der Waals surface area contributed by atoms with Crippen molar-refractivity contribution in [1.82, 2.24) is 0 Å². The molecule has 1 aromatic rings. The van der Waals surface area contributed by atoms with Crippen LogP contribution in [0.1, 0.15) is 37.7 Å². The second-order valence-corrected chi connectivity index (χ2v) is 4.41. The van der Waals surface area contributed by atoms with Gasteiger partial charge in [0.25, 0.3) is 0 Å². The van der Waals surface area contributed by atoms with Crippen LogP contribution in [-0.4, -0.2) is 12.8 Å².